The highest BCUT2D eigenvalue weighted by atomic mass is 35.5. The lowest BCUT2D eigenvalue weighted by Crippen LogP contribution is -2.15. The Balaban J connectivity index is 1.76. The van der Waals surface area contributed by atoms with E-state index in [4.69, 9.17) is 23.8 Å². The normalized spacial score (nSPS) is 13.1. The minimum absolute atomic E-state index is 0.0236. The fourth-order valence-corrected chi connectivity index (χ4v) is 3.82. The Bertz CT molecular complexity index is 1180. The number of halogens is 4. The van der Waals surface area contributed by atoms with Crippen LogP contribution in [0.25, 0.3) is 11.3 Å². The Hall–Kier alpha value is -2.82. The summed E-state index contributed by atoms with van der Waals surface area (Å²) >= 11 is 11.5. The molecular weight excluding hydrogens is 461 g/mol. The van der Waals surface area contributed by atoms with Crippen molar-refractivity contribution in [3.8, 4) is 11.3 Å². The Kier molecular flexibility index (Phi) is 6.27. The summed E-state index contributed by atoms with van der Waals surface area (Å²) in [4.78, 5) is 13.0. The lowest BCUT2D eigenvalue weighted by Gasteiger charge is -2.15. The summed E-state index contributed by atoms with van der Waals surface area (Å²) in [5.41, 5.74) is 2.15. The zero-order valence-corrected chi connectivity index (χ0v) is 18.4. The summed E-state index contributed by atoms with van der Waals surface area (Å²) in [7, 11) is 1.77. The van der Waals surface area contributed by atoms with Crippen LogP contribution in [-0.4, -0.2) is 33.5 Å². The molecule has 32 heavy (non-hydrogen) atoms. The Morgan fingerprint density at radius 1 is 1.19 bits per heavy atom. The van der Waals surface area contributed by atoms with Gasteiger partial charge in [0.2, 0.25) is 5.95 Å². The number of aromatic nitrogens is 3. The van der Waals surface area contributed by atoms with Gasteiger partial charge in [0.15, 0.2) is 5.69 Å². The summed E-state index contributed by atoms with van der Waals surface area (Å²) in [6, 6.07) is 6.65. The van der Waals surface area contributed by atoms with Crippen LogP contribution < -0.4 is 16.0 Å². The van der Waals surface area contributed by atoms with Gasteiger partial charge in [-0.15, -0.1) is 0 Å². The highest BCUT2D eigenvalue weighted by Crippen LogP contribution is 2.37. The topological polar surface area (TPSA) is 74.8 Å². The molecule has 0 radical (unpaired) electrons. The van der Waals surface area contributed by atoms with Gasteiger partial charge in [0.25, 0.3) is 0 Å². The van der Waals surface area contributed by atoms with Gasteiger partial charge in [-0.3, -0.25) is 0 Å². The van der Waals surface area contributed by atoms with E-state index < -0.39 is 11.9 Å². The standard InChI is InChI=1S/C21H18ClF3N6S/c1-26-5-4-11-6-16(19(27-9-11)21(23,24)25)30-20-28-10-12-7-17(32)29-15-8-13(22)2-3-14(15)18(12)31-20/h2-3,6,8-10,26H,4-5,7H2,1H3,(H,29,32)(H,28,30,31). The van der Waals surface area contributed by atoms with Crippen LogP contribution in [-0.2, 0) is 19.0 Å². The van der Waals surface area contributed by atoms with Gasteiger partial charge in [0.05, 0.1) is 16.4 Å². The molecule has 0 aliphatic carbocycles. The number of rotatable bonds is 5. The molecule has 0 fully saturated rings. The third kappa shape index (κ3) is 4.82. The second-order valence-electron chi connectivity index (χ2n) is 7.20. The zero-order valence-electron chi connectivity index (χ0n) is 16.8. The maximum absolute atomic E-state index is 13.5. The van der Waals surface area contributed by atoms with Gasteiger partial charge >= 0.3 is 6.18 Å². The number of likely N-dealkylation sites (N-methyl/N-ethyl adjacent to an activating group) is 1. The molecule has 166 valence electrons. The van der Waals surface area contributed by atoms with Crippen LogP contribution in [0.1, 0.15) is 16.8 Å². The van der Waals surface area contributed by atoms with Crippen molar-refractivity contribution >= 4 is 46.1 Å². The molecule has 2 aromatic heterocycles. The number of thiocarbonyl (C=S) groups is 1. The summed E-state index contributed by atoms with van der Waals surface area (Å²) in [5.74, 6) is 0.0236. The molecule has 3 aromatic rings. The molecule has 3 N–H and O–H groups in total. The van der Waals surface area contributed by atoms with Crippen LogP contribution in [0.3, 0.4) is 0 Å². The van der Waals surface area contributed by atoms with Crippen molar-refractivity contribution in [3.63, 3.8) is 0 Å². The number of pyridine rings is 1. The van der Waals surface area contributed by atoms with Gasteiger partial charge in [-0.05, 0) is 49.8 Å². The van der Waals surface area contributed by atoms with E-state index in [0.717, 1.165) is 11.1 Å². The second-order valence-corrected chi connectivity index (χ2v) is 8.13. The summed E-state index contributed by atoms with van der Waals surface area (Å²) in [6.45, 7) is 0.605. The maximum atomic E-state index is 13.5. The molecule has 1 aliphatic rings. The first-order valence-corrected chi connectivity index (χ1v) is 10.5. The molecule has 1 aliphatic heterocycles. The summed E-state index contributed by atoms with van der Waals surface area (Å²) < 4.78 is 40.6. The molecule has 4 rings (SSSR count). The zero-order chi connectivity index (χ0) is 22.9. The average Bonchev–Trinajstić information content (AvgIpc) is 2.86. The second kappa shape index (κ2) is 8.97. The third-order valence-corrected chi connectivity index (χ3v) is 5.33. The first-order chi connectivity index (χ1) is 15.2. The molecular formula is C21H18ClF3N6S. The number of hydrogen-bond acceptors (Lipinski definition) is 6. The van der Waals surface area contributed by atoms with E-state index in [0.29, 0.717) is 46.3 Å². The Labute approximate surface area is 192 Å². The van der Waals surface area contributed by atoms with E-state index >= 15 is 0 Å². The molecule has 0 saturated heterocycles. The van der Waals surface area contributed by atoms with Crippen molar-refractivity contribution in [1.29, 1.82) is 0 Å². The Morgan fingerprint density at radius 2 is 2.00 bits per heavy atom. The smallest absolute Gasteiger partial charge is 0.349 e. The van der Waals surface area contributed by atoms with E-state index in [9.17, 15) is 13.2 Å². The molecule has 1 aromatic carbocycles. The minimum Gasteiger partial charge on any atom is -0.349 e. The fraction of sp³-hybridized carbons (Fsp3) is 0.238. The number of anilines is 3. The number of nitrogens with zero attached hydrogens (tertiary/aromatic N) is 3. The fourth-order valence-electron chi connectivity index (χ4n) is 3.38. The minimum atomic E-state index is -4.63. The van der Waals surface area contributed by atoms with Gasteiger partial charge in [-0.25, -0.2) is 15.0 Å². The number of fused-ring (bicyclic) bond motifs is 3. The van der Waals surface area contributed by atoms with Crippen LogP contribution in [0.4, 0.5) is 30.5 Å². The molecule has 0 bridgehead atoms. The van der Waals surface area contributed by atoms with Gasteiger partial charge < -0.3 is 16.0 Å². The molecule has 0 atom stereocenters. The molecule has 11 heteroatoms. The van der Waals surface area contributed by atoms with Crippen molar-refractivity contribution < 1.29 is 13.2 Å². The predicted molar refractivity (Wildman–Crippen MR) is 123 cm³/mol. The van der Waals surface area contributed by atoms with Crippen molar-refractivity contribution in [1.82, 2.24) is 20.3 Å². The lowest BCUT2D eigenvalue weighted by molar-refractivity contribution is -0.140. The summed E-state index contributed by atoms with van der Waals surface area (Å²) in [6.07, 6.45) is -0.913. The van der Waals surface area contributed by atoms with E-state index in [1.807, 2.05) is 0 Å². The maximum Gasteiger partial charge on any atom is 0.435 e. The first kappa shape index (κ1) is 22.4. The van der Waals surface area contributed by atoms with Crippen molar-refractivity contribution in [3.05, 3.63) is 58.5 Å². The van der Waals surface area contributed by atoms with Crippen molar-refractivity contribution in [2.24, 2.45) is 0 Å². The molecule has 6 nitrogen and oxygen atoms in total. The van der Waals surface area contributed by atoms with Gasteiger partial charge in [0.1, 0.15) is 0 Å². The van der Waals surface area contributed by atoms with Gasteiger partial charge in [-0.1, -0.05) is 23.8 Å². The molecule has 0 amide bonds. The first-order valence-electron chi connectivity index (χ1n) is 9.68. The highest BCUT2D eigenvalue weighted by molar-refractivity contribution is 7.80. The number of hydrogen-bond donors (Lipinski definition) is 3. The largest absolute Gasteiger partial charge is 0.435 e. The van der Waals surface area contributed by atoms with Crippen LogP contribution in [0.2, 0.25) is 5.02 Å². The van der Waals surface area contributed by atoms with E-state index in [-0.39, 0.29) is 11.6 Å². The SMILES string of the molecule is CNCCc1cnc(C(F)(F)F)c(Nc2ncc3c(n2)-c2ccc(Cl)cc2NC(=S)C3)c1. The van der Waals surface area contributed by atoms with Crippen LogP contribution >= 0.6 is 23.8 Å². The van der Waals surface area contributed by atoms with E-state index in [2.05, 4.69) is 30.9 Å². The lowest BCUT2D eigenvalue weighted by atomic mass is 10.1. The van der Waals surface area contributed by atoms with Crippen LogP contribution in [0, 0.1) is 0 Å². The number of alkyl halides is 3. The highest BCUT2D eigenvalue weighted by Gasteiger charge is 2.36. The van der Waals surface area contributed by atoms with E-state index in [1.165, 1.54) is 12.3 Å². The number of benzene rings is 1. The van der Waals surface area contributed by atoms with Crippen LogP contribution in [0.15, 0.2) is 36.7 Å². The van der Waals surface area contributed by atoms with E-state index in [1.54, 1.807) is 31.4 Å². The third-order valence-electron chi connectivity index (χ3n) is 4.85. The van der Waals surface area contributed by atoms with Gasteiger partial charge in [0, 0.05) is 40.7 Å². The molecule has 0 unspecified atom stereocenters. The predicted octanol–water partition coefficient (Wildman–Crippen LogP) is 5.01. The van der Waals surface area contributed by atoms with Gasteiger partial charge in [-0.2, -0.15) is 13.2 Å². The van der Waals surface area contributed by atoms with Crippen molar-refractivity contribution in [2.45, 2.75) is 19.0 Å². The summed E-state index contributed by atoms with van der Waals surface area (Å²) in [5, 5.41) is 9.33. The Morgan fingerprint density at radius 3 is 2.75 bits per heavy atom. The van der Waals surface area contributed by atoms with Crippen molar-refractivity contribution in [2.75, 3.05) is 24.2 Å². The average molecular weight is 479 g/mol. The van der Waals surface area contributed by atoms with Crippen LogP contribution in [0.5, 0.6) is 0 Å². The molecule has 3 heterocycles. The molecule has 0 spiro atoms. The number of nitrogens with one attached hydrogen (secondary N) is 3. The molecule has 0 saturated carbocycles. The monoisotopic (exact) mass is 478 g/mol. The quantitative estimate of drug-likeness (QED) is 0.445.